The number of nitrogens with one attached hydrogen (secondary N) is 2. The molecule has 152 valence electrons. The van der Waals surface area contributed by atoms with Gasteiger partial charge >= 0.3 is 11.7 Å². The van der Waals surface area contributed by atoms with Gasteiger partial charge in [-0.2, -0.15) is 4.98 Å². The van der Waals surface area contributed by atoms with Crippen molar-refractivity contribution in [2.75, 3.05) is 10.6 Å². The predicted octanol–water partition coefficient (Wildman–Crippen LogP) is 5.02. The molecule has 0 saturated carbocycles. The highest BCUT2D eigenvalue weighted by Gasteiger charge is 2.19. The van der Waals surface area contributed by atoms with Crippen molar-refractivity contribution in [3.8, 4) is 0 Å². The van der Waals surface area contributed by atoms with Gasteiger partial charge in [-0.05, 0) is 57.9 Å². The fraction of sp³-hybridized carbons (Fsp3) is 0.318. The number of hydrogen-bond acceptors (Lipinski definition) is 6. The van der Waals surface area contributed by atoms with Gasteiger partial charge in [-0.15, -0.1) is 0 Å². The summed E-state index contributed by atoms with van der Waals surface area (Å²) >= 11 is 0. The molecule has 29 heavy (non-hydrogen) atoms. The summed E-state index contributed by atoms with van der Waals surface area (Å²) in [5, 5.41) is 6.10. The Balaban J connectivity index is 1.88. The fourth-order valence-electron chi connectivity index (χ4n) is 2.94. The van der Waals surface area contributed by atoms with Crippen molar-refractivity contribution < 1.29 is 13.9 Å². The van der Waals surface area contributed by atoms with Gasteiger partial charge in [0.05, 0.1) is 16.9 Å². The number of amides is 1. The van der Waals surface area contributed by atoms with Gasteiger partial charge in [0.25, 0.3) is 6.01 Å². The van der Waals surface area contributed by atoms with Crippen LogP contribution in [-0.2, 0) is 4.74 Å². The van der Waals surface area contributed by atoms with E-state index < -0.39 is 17.3 Å². The number of benzene rings is 2. The number of ether oxygens (including phenoxy) is 1. The first-order valence-corrected chi connectivity index (χ1v) is 9.40. The number of nitrogens with zero attached hydrogens (tertiary/aromatic N) is 1. The SMILES string of the molecule is Cc1c(NC(=O)OC(C)(C)C)ccc2nc(NC(C)c3ccccc3)oc(=O)c12. The zero-order valence-electron chi connectivity index (χ0n) is 17.2. The zero-order chi connectivity index (χ0) is 21.2. The highest BCUT2D eigenvalue weighted by Crippen LogP contribution is 2.25. The second-order valence-corrected chi connectivity index (χ2v) is 7.84. The highest BCUT2D eigenvalue weighted by atomic mass is 16.6. The predicted molar refractivity (Wildman–Crippen MR) is 113 cm³/mol. The third-order valence-electron chi connectivity index (χ3n) is 4.33. The number of carbonyl (C=O) groups excluding carboxylic acids is 1. The van der Waals surface area contributed by atoms with E-state index in [-0.39, 0.29) is 12.1 Å². The van der Waals surface area contributed by atoms with E-state index in [2.05, 4.69) is 15.6 Å². The molecular formula is C22H25N3O4. The van der Waals surface area contributed by atoms with Crippen molar-refractivity contribution in [1.29, 1.82) is 0 Å². The van der Waals surface area contributed by atoms with E-state index in [4.69, 9.17) is 9.15 Å². The van der Waals surface area contributed by atoms with Crippen molar-refractivity contribution in [2.24, 2.45) is 0 Å². The Hall–Kier alpha value is -3.35. The normalized spacial score (nSPS) is 12.4. The van der Waals surface area contributed by atoms with E-state index in [1.807, 2.05) is 37.3 Å². The lowest BCUT2D eigenvalue weighted by Crippen LogP contribution is -2.27. The van der Waals surface area contributed by atoms with Gasteiger partial charge < -0.3 is 14.5 Å². The lowest BCUT2D eigenvalue weighted by atomic mass is 10.1. The van der Waals surface area contributed by atoms with Gasteiger partial charge in [0.15, 0.2) is 0 Å². The Morgan fingerprint density at radius 1 is 1.14 bits per heavy atom. The topological polar surface area (TPSA) is 93.5 Å². The average Bonchev–Trinajstić information content (AvgIpc) is 2.63. The summed E-state index contributed by atoms with van der Waals surface area (Å²) in [6.07, 6.45) is -0.590. The lowest BCUT2D eigenvalue weighted by molar-refractivity contribution is 0.0636. The van der Waals surface area contributed by atoms with E-state index >= 15 is 0 Å². The number of rotatable bonds is 4. The Kier molecular flexibility index (Phi) is 5.59. The van der Waals surface area contributed by atoms with Crippen LogP contribution in [0.25, 0.3) is 10.9 Å². The molecule has 2 N–H and O–H groups in total. The highest BCUT2D eigenvalue weighted by molar-refractivity contribution is 5.93. The van der Waals surface area contributed by atoms with Crippen LogP contribution in [0.2, 0.25) is 0 Å². The summed E-state index contributed by atoms with van der Waals surface area (Å²) in [4.78, 5) is 29.1. The van der Waals surface area contributed by atoms with Gasteiger partial charge in [-0.1, -0.05) is 30.3 Å². The second-order valence-electron chi connectivity index (χ2n) is 7.84. The van der Waals surface area contributed by atoms with Gasteiger partial charge in [0.2, 0.25) is 0 Å². The number of aryl methyl sites for hydroxylation is 1. The van der Waals surface area contributed by atoms with Gasteiger partial charge in [0, 0.05) is 5.69 Å². The molecule has 3 rings (SSSR count). The summed E-state index contributed by atoms with van der Waals surface area (Å²) in [6, 6.07) is 13.2. The Morgan fingerprint density at radius 3 is 2.48 bits per heavy atom. The maximum Gasteiger partial charge on any atom is 0.412 e. The third kappa shape index (κ3) is 4.93. The van der Waals surface area contributed by atoms with Crippen molar-refractivity contribution in [3.63, 3.8) is 0 Å². The van der Waals surface area contributed by atoms with E-state index in [1.165, 1.54) is 0 Å². The van der Waals surface area contributed by atoms with Crippen LogP contribution in [0.4, 0.5) is 16.5 Å². The molecule has 1 aromatic heterocycles. The van der Waals surface area contributed by atoms with E-state index in [0.717, 1.165) is 5.56 Å². The molecule has 0 bridgehead atoms. The van der Waals surface area contributed by atoms with Crippen LogP contribution >= 0.6 is 0 Å². The molecule has 0 saturated heterocycles. The first-order chi connectivity index (χ1) is 13.6. The molecule has 0 radical (unpaired) electrons. The molecule has 0 spiro atoms. The summed E-state index contributed by atoms with van der Waals surface area (Å²) in [6.45, 7) is 9.03. The number of hydrogen-bond donors (Lipinski definition) is 2. The molecule has 1 amide bonds. The molecule has 1 unspecified atom stereocenters. The van der Waals surface area contributed by atoms with Crippen molar-refractivity contribution in [2.45, 2.75) is 46.3 Å². The monoisotopic (exact) mass is 395 g/mol. The standard InChI is InChI=1S/C22H25N3O4/c1-13-16(25-21(27)29-22(3,4)5)11-12-17-18(13)19(26)28-20(24-17)23-14(2)15-9-7-6-8-10-15/h6-12,14H,1-5H3,(H,23,24)(H,25,27). The smallest absolute Gasteiger partial charge is 0.412 e. The largest absolute Gasteiger partial charge is 0.444 e. The average molecular weight is 395 g/mol. The second kappa shape index (κ2) is 7.95. The maximum absolute atomic E-state index is 12.6. The first-order valence-electron chi connectivity index (χ1n) is 9.40. The minimum absolute atomic E-state index is 0.0847. The van der Waals surface area contributed by atoms with Gasteiger partial charge in [-0.25, -0.2) is 9.59 Å². The first kappa shape index (κ1) is 20.4. The fourth-order valence-corrected chi connectivity index (χ4v) is 2.94. The summed E-state index contributed by atoms with van der Waals surface area (Å²) in [5.41, 5.74) is 1.42. The minimum Gasteiger partial charge on any atom is -0.444 e. The van der Waals surface area contributed by atoms with Crippen molar-refractivity contribution in [1.82, 2.24) is 4.98 Å². The van der Waals surface area contributed by atoms with E-state index in [9.17, 15) is 9.59 Å². The van der Waals surface area contributed by atoms with Crippen LogP contribution in [0.15, 0.2) is 51.7 Å². The van der Waals surface area contributed by atoms with Crippen molar-refractivity contribution in [3.05, 3.63) is 64.0 Å². The summed E-state index contributed by atoms with van der Waals surface area (Å²) in [5.74, 6) is 0. The molecule has 0 fully saturated rings. The molecule has 0 aliphatic heterocycles. The van der Waals surface area contributed by atoms with Crippen LogP contribution in [0.3, 0.4) is 0 Å². The van der Waals surface area contributed by atoms with Crippen LogP contribution in [0, 0.1) is 6.92 Å². The number of fused-ring (bicyclic) bond motifs is 1. The summed E-state index contributed by atoms with van der Waals surface area (Å²) < 4.78 is 10.6. The molecule has 1 heterocycles. The number of anilines is 2. The Morgan fingerprint density at radius 2 is 1.83 bits per heavy atom. The molecule has 0 aliphatic carbocycles. The molecule has 0 aliphatic rings. The van der Waals surface area contributed by atoms with Crippen molar-refractivity contribution >= 4 is 28.7 Å². The van der Waals surface area contributed by atoms with Crippen LogP contribution < -0.4 is 16.3 Å². The van der Waals surface area contributed by atoms with Crippen LogP contribution in [0.5, 0.6) is 0 Å². The number of carbonyl (C=O) groups is 1. The van der Waals surface area contributed by atoms with Crippen LogP contribution in [0.1, 0.15) is 44.9 Å². The van der Waals surface area contributed by atoms with Gasteiger partial charge in [0.1, 0.15) is 5.60 Å². The molecule has 2 aromatic carbocycles. The number of aromatic nitrogens is 1. The molecule has 3 aromatic rings. The van der Waals surface area contributed by atoms with E-state index in [1.54, 1.807) is 39.8 Å². The molecule has 1 atom stereocenters. The zero-order valence-corrected chi connectivity index (χ0v) is 17.2. The maximum atomic E-state index is 12.6. The quantitative estimate of drug-likeness (QED) is 0.644. The third-order valence-corrected chi connectivity index (χ3v) is 4.33. The molecule has 7 nitrogen and oxygen atoms in total. The minimum atomic E-state index is -0.620. The summed E-state index contributed by atoms with van der Waals surface area (Å²) in [7, 11) is 0. The Bertz CT molecular complexity index is 1080. The Labute approximate surface area is 169 Å². The molecular weight excluding hydrogens is 370 g/mol. The van der Waals surface area contributed by atoms with Gasteiger partial charge in [-0.3, -0.25) is 5.32 Å². The molecule has 7 heteroatoms. The lowest BCUT2D eigenvalue weighted by Gasteiger charge is -2.20. The van der Waals surface area contributed by atoms with Crippen LogP contribution in [-0.4, -0.2) is 16.7 Å². The van der Waals surface area contributed by atoms with E-state index in [0.29, 0.717) is 22.2 Å².